The molecule has 5 N–H and O–H groups in total. The van der Waals surface area contributed by atoms with Crippen LogP contribution in [0.25, 0.3) is 0 Å². The number of carboxylic acid groups (broad SMARTS) is 1. The summed E-state index contributed by atoms with van der Waals surface area (Å²) in [6.45, 7) is 15.1. The Balaban J connectivity index is 1.90. The summed E-state index contributed by atoms with van der Waals surface area (Å²) in [6.07, 6.45) is 2.91. The zero-order valence-corrected chi connectivity index (χ0v) is 38.3. The molecule has 2 atom stereocenters. The molecule has 368 valence electrons. The fourth-order valence-electron chi connectivity index (χ4n) is 5.30. The molecule has 0 fully saturated rings. The van der Waals surface area contributed by atoms with Crippen LogP contribution in [0.5, 0.6) is 0 Å². The lowest BCUT2D eigenvalue weighted by atomic mass is 10.0. The molecule has 22 nitrogen and oxygen atoms in total. The van der Waals surface area contributed by atoms with E-state index in [0.717, 1.165) is 4.90 Å². The molecule has 0 saturated heterocycles. The molecule has 1 rings (SSSR count). The highest BCUT2D eigenvalue weighted by molar-refractivity contribution is 6.13. The summed E-state index contributed by atoms with van der Waals surface area (Å²) in [5.74, 6) is -3.58. The Bertz CT molecular complexity index is 1380. The largest absolute Gasteiger partial charge is 0.480 e. The standard InChI is InChI=1S/C42H73N5O17/c1-32(2)38(39(52)45-33(40(53)54)8-6-7-13-44-41(55)64-42(3,4)5)46-35(49)12-16-56-18-20-58-22-24-60-26-28-62-30-31-63-29-27-61-25-23-59-21-19-57-17-14-43-34(48)11-15-47-36(50)9-10-37(47)51/h9-10,32-33,38H,6-8,11-31H2,1-5H3,(H,43,48)(H,44,55)(H,45,52)(H,46,49)(H,53,54)/t33-,38?/m0/s1. The van der Waals surface area contributed by atoms with Crippen LogP contribution in [-0.4, -0.2) is 195 Å². The summed E-state index contributed by atoms with van der Waals surface area (Å²) in [5.41, 5.74) is -0.624. The van der Waals surface area contributed by atoms with Gasteiger partial charge in [0.1, 0.15) is 17.7 Å². The van der Waals surface area contributed by atoms with Crippen molar-refractivity contribution in [2.24, 2.45) is 5.92 Å². The number of carboxylic acids is 1. The summed E-state index contributed by atoms with van der Waals surface area (Å²) in [4.78, 5) is 84.8. The van der Waals surface area contributed by atoms with Crippen molar-refractivity contribution in [2.45, 2.75) is 84.4 Å². The van der Waals surface area contributed by atoms with E-state index in [1.165, 1.54) is 12.2 Å². The van der Waals surface area contributed by atoms with Crippen LogP contribution in [0.3, 0.4) is 0 Å². The molecule has 0 aromatic carbocycles. The number of amides is 6. The molecule has 0 radical (unpaired) electrons. The quantitative estimate of drug-likeness (QED) is 0.0410. The second kappa shape index (κ2) is 36.0. The molecule has 1 aliphatic heterocycles. The normalized spacial score (nSPS) is 13.6. The van der Waals surface area contributed by atoms with Gasteiger partial charge < -0.3 is 69.0 Å². The Hall–Kier alpha value is -4.29. The van der Waals surface area contributed by atoms with Crippen LogP contribution < -0.4 is 21.3 Å². The lowest BCUT2D eigenvalue weighted by Gasteiger charge is -2.24. The predicted molar refractivity (Wildman–Crippen MR) is 229 cm³/mol. The van der Waals surface area contributed by atoms with Gasteiger partial charge in [-0.2, -0.15) is 0 Å². The fourth-order valence-corrected chi connectivity index (χ4v) is 5.30. The molecule has 0 saturated carbocycles. The lowest BCUT2D eigenvalue weighted by molar-refractivity contribution is -0.142. The number of alkyl carbamates (subject to hydrolysis) is 1. The number of carbonyl (C=O) groups excluding carboxylic acids is 6. The van der Waals surface area contributed by atoms with Gasteiger partial charge in [-0.25, -0.2) is 9.59 Å². The molecule has 0 aliphatic carbocycles. The number of carbonyl (C=O) groups is 7. The summed E-state index contributed by atoms with van der Waals surface area (Å²) in [7, 11) is 0. The Morgan fingerprint density at radius 2 is 1.05 bits per heavy atom. The first-order valence-electron chi connectivity index (χ1n) is 21.8. The first-order valence-corrected chi connectivity index (χ1v) is 21.8. The number of hydrogen-bond acceptors (Lipinski definition) is 16. The van der Waals surface area contributed by atoms with Crippen molar-refractivity contribution in [3.8, 4) is 0 Å². The molecule has 64 heavy (non-hydrogen) atoms. The molecular weight excluding hydrogens is 846 g/mol. The summed E-state index contributed by atoms with van der Waals surface area (Å²) in [5, 5.41) is 20.1. The SMILES string of the molecule is CC(C)C(NC(=O)CCOCCOCCOCCOCCOCCOCCOCCOCCNC(=O)CCN1C(=O)C=CC1=O)C(=O)N[C@@H](CCCCNC(=O)OC(C)(C)C)C(=O)O. The minimum Gasteiger partial charge on any atom is -0.480 e. The van der Waals surface area contributed by atoms with E-state index in [-0.39, 0.29) is 50.8 Å². The molecule has 0 aromatic rings. The monoisotopic (exact) mass is 920 g/mol. The maximum atomic E-state index is 12.9. The molecule has 1 unspecified atom stereocenters. The van der Waals surface area contributed by atoms with Crippen molar-refractivity contribution < 1.29 is 81.3 Å². The Morgan fingerprint density at radius 3 is 1.48 bits per heavy atom. The number of rotatable bonds is 40. The highest BCUT2D eigenvalue weighted by Gasteiger charge is 2.28. The number of hydrogen-bond donors (Lipinski definition) is 5. The van der Waals surface area contributed by atoms with Crippen LogP contribution in [0.1, 0.15) is 66.7 Å². The minimum atomic E-state index is -1.19. The maximum absolute atomic E-state index is 12.9. The predicted octanol–water partition coefficient (Wildman–Crippen LogP) is 0.346. The molecule has 1 aliphatic rings. The van der Waals surface area contributed by atoms with Gasteiger partial charge in [-0.15, -0.1) is 0 Å². The van der Waals surface area contributed by atoms with Crippen molar-refractivity contribution in [1.29, 1.82) is 0 Å². The van der Waals surface area contributed by atoms with Crippen LogP contribution in [0.4, 0.5) is 4.79 Å². The van der Waals surface area contributed by atoms with E-state index in [0.29, 0.717) is 118 Å². The second-order valence-corrected chi connectivity index (χ2v) is 15.5. The van der Waals surface area contributed by atoms with E-state index in [9.17, 15) is 38.7 Å². The number of imide groups is 1. The van der Waals surface area contributed by atoms with Gasteiger partial charge in [0.15, 0.2) is 0 Å². The van der Waals surface area contributed by atoms with Crippen LogP contribution in [-0.2, 0) is 71.4 Å². The van der Waals surface area contributed by atoms with Gasteiger partial charge >= 0.3 is 12.1 Å². The Kier molecular flexibility index (Phi) is 32.5. The van der Waals surface area contributed by atoms with Crippen molar-refractivity contribution in [3.05, 3.63) is 12.2 Å². The zero-order chi connectivity index (χ0) is 47.4. The van der Waals surface area contributed by atoms with E-state index in [4.69, 9.17) is 42.6 Å². The van der Waals surface area contributed by atoms with E-state index < -0.39 is 53.4 Å². The van der Waals surface area contributed by atoms with Gasteiger partial charge in [-0.05, 0) is 46.0 Å². The lowest BCUT2D eigenvalue weighted by Crippen LogP contribution is -2.53. The topological polar surface area (TPSA) is 274 Å². The highest BCUT2D eigenvalue weighted by atomic mass is 16.6. The first-order chi connectivity index (χ1) is 30.6. The number of nitrogens with zero attached hydrogens (tertiary/aromatic N) is 1. The van der Waals surface area contributed by atoms with Gasteiger partial charge in [0.05, 0.1) is 106 Å². The van der Waals surface area contributed by atoms with E-state index in [2.05, 4.69) is 21.3 Å². The fraction of sp³-hybridized carbons (Fsp3) is 0.786. The van der Waals surface area contributed by atoms with Crippen molar-refractivity contribution >= 4 is 41.6 Å². The number of nitrogens with one attached hydrogen (secondary N) is 4. The zero-order valence-electron chi connectivity index (χ0n) is 38.3. The smallest absolute Gasteiger partial charge is 0.407 e. The molecule has 22 heteroatoms. The minimum absolute atomic E-state index is 0.00517. The van der Waals surface area contributed by atoms with Gasteiger partial charge in [0, 0.05) is 44.6 Å². The van der Waals surface area contributed by atoms with Gasteiger partial charge in [-0.1, -0.05) is 13.8 Å². The average molecular weight is 920 g/mol. The molecule has 1 heterocycles. The van der Waals surface area contributed by atoms with Gasteiger partial charge in [0.2, 0.25) is 17.7 Å². The molecule has 0 aromatic heterocycles. The average Bonchev–Trinajstić information content (AvgIpc) is 3.55. The van der Waals surface area contributed by atoms with Crippen LogP contribution in [0.15, 0.2) is 12.2 Å². The van der Waals surface area contributed by atoms with E-state index >= 15 is 0 Å². The second-order valence-electron chi connectivity index (χ2n) is 15.5. The van der Waals surface area contributed by atoms with Crippen LogP contribution in [0.2, 0.25) is 0 Å². The molecule has 0 spiro atoms. The highest BCUT2D eigenvalue weighted by Crippen LogP contribution is 2.09. The number of ether oxygens (including phenoxy) is 9. The summed E-state index contributed by atoms with van der Waals surface area (Å²) in [6, 6.07) is -2.08. The summed E-state index contributed by atoms with van der Waals surface area (Å²) < 4.78 is 48.8. The number of unbranched alkanes of at least 4 members (excludes halogenated alkanes) is 1. The van der Waals surface area contributed by atoms with Crippen LogP contribution >= 0.6 is 0 Å². The summed E-state index contributed by atoms with van der Waals surface area (Å²) >= 11 is 0. The van der Waals surface area contributed by atoms with E-state index in [1.807, 2.05) is 0 Å². The molecule has 0 bridgehead atoms. The van der Waals surface area contributed by atoms with Gasteiger partial charge in [-0.3, -0.25) is 28.9 Å². The third-order valence-electron chi connectivity index (χ3n) is 8.58. The van der Waals surface area contributed by atoms with Gasteiger partial charge in [0.25, 0.3) is 11.8 Å². The van der Waals surface area contributed by atoms with Crippen LogP contribution in [0, 0.1) is 5.92 Å². The first kappa shape index (κ1) is 57.7. The Labute approximate surface area is 376 Å². The molecular formula is C42H73N5O17. The van der Waals surface area contributed by atoms with Crippen molar-refractivity contribution in [2.75, 3.05) is 125 Å². The Morgan fingerprint density at radius 1 is 0.594 bits per heavy atom. The number of aliphatic carboxylic acids is 1. The van der Waals surface area contributed by atoms with E-state index in [1.54, 1.807) is 34.6 Å². The van der Waals surface area contributed by atoms with Crippen molar-refractivity contribution in [1.82, 2.24) is 26.2 Å². The third-order valence-corrected chi connectivity index (χ3v) is 8.58. The third kappa shape index (κ3) is 31.5. The molecule has 6 amide bonds. The maximum Gasteiger partial charge on any atom is 0.407 e. The van der Waals surface area contributed by atoms with Crippen molar-refractivity contribution in [3.63, 3.8) is 0 Å².